The fraction of sp³-hybridized carbons (Fsp3) is 0.562. The minimum Gasteiger partial charge on any atom is -0.381 e. The van der Waals surface area contributed by atoms with Crippen LogP contribution in [0.25, 0.3) is 0 Å². The zero-order valence-electron chi connectivity index (χ0n) is 12.3. The van der Waals surface area contributed by atoms with Gasteiger partial charge in [-0.05, 0) is 24.8 Å². The molecule has 1 rings (SSSR count). The van der Waals surface area contributed by atoms with E-state index in [1.165, 1.54) is 0 Å². The Morgan fingerprint density at radius 3 is 2.65 bits per heavy atom. The van der Waals surface area contributed by atoms with Gasteiger partial charge in [0.25, 0.3) is 0 Å². The van der Waals surface area contributed by atoms with E-state index in [0.717, 1.165) is 31.4 Å². The number of nitrogens with one attached hydrogen (secondary N) is 1. The third-order valence-electron chi connectivity index (χ3n) is 3.04. The van der Waals surface area contributed by atoms with Crippen LogP contribution in [0.4, 0.5) is 0 Å². The first kappa shape index (κ1) is 16.7. The molecule has 0 aromatic heterocycles. The lowest BCUT2D eigenvalue weighted by atomic mass is 10.1. The first-order valence-electron chi connectivity index (χ1n) is 7.39. The van der Waals surface area contributed by atoms with Crippen LogP contribution >= 0.6 is 0 Å². The van der Waals surface area contributed by atoms with Crippen LogP contribution < -0.4 is 11.1 Å². The molecule has 0 aliphatic rings. The van der Waals surface area contributed by atoms with E-state index in [9.17, 15) is 4.79 Å². The molecule has 1 aromatic carbocycles. The van der Waals surface area contributed by atoms with Gasteiger partial charge in [-0.2, -0.15) is 0 Å². The molecule has 0 spiro atoms. The summed E-state index contributed by atoms with van der Waals surface area (Å²) in [6.07, 6.45) is 3.63. The van der Waals surface area contributed by atoms with Crippen molar-refractivity contribution in [1.29, 1.82) is 0 Å². The SMILES string of the molecule is CCCCOCCCNC(=O)C(N)Cc1ccccc1. The molecule has 0 fully saturated rings. The predicted molar refractivity (Wildman–Crippen MR) is 81.5 cm³/mol. The van der Waals surface area contributed by atoms with Gasteiger partial charge in [-0.15, -0.1) is 0 Å². The molecular formula is C16H26N2O2. The monoisotopic (exact) mass is 278 g/mol. The molecule has 3 N–H and O–H groups in total. The summed E-state index contributed by atoms with van der Waals surface area (Å²) in [4.78, 5) is 11.8. The smallest absolute Gasteiger partial charge is 0.237 e. The maximum Gasteiger partial charge on any atom is 0.237 e. The number of hydrogen-bond donors (Lipinski definition) is 2. The number of unbranched alkanes of at least 4 members (excludes halogenated alkanes) is 1. The zero-order chi connectivity index (χ0) is 14.6. The van der Waals surface area contributed by atoms with E-state index in [1.54, 1.807) is 0 Å². The van der Waals surface area contributed by atoms with Crippen molar-refractivity contribution in [2.75, 3.05) is 19.8 Å². The van der Waals surface area contributed by atoms with Crippen molar-refractivity contribution in [1.82, 2.24) is 5.32 Å². The van der Waals surface area contributed by atoms with Gasteiger partial charge in [0.2, 0.25) is 5.91 Å². The zero-order valence-corrected chi connectivity index (χ0v) is 12.3. The van der Waals surface area contributed by atoms with Gasteiger partial charge in [0.15, 0.2) is 0 Å². The summed E-state index contributed by atoms with van der Waals surface area (Å²) in [6.45, 7) is 4.25. The average Bonchev–Trinajstić information content (AvgIpc) is 2.47. The van der Waals surface area contributed by atoms with E-state index in [4.69, 9.17) is 10.5 Å². The molecule has 0 aliphatic heterocycles. The first-order chi connectivity index (χ1) is 9.74. The van der Waals surface area contributed by atoms with Gasteiger partial charge >= 0.3 is 0 Å². The van der Waals surface area contributed by atoms with Crippen molar-refractivity contribution in [3.05, 3.63) is 35.9 Å². The summed E-state index contributed by atoms with van der Waals surface area (Å²) >= 11 is 0. The molecule has 0 heterocycles. The number of carbonyl (C=O) groups is 1. The molecule has 1 atom stereocenters. The number of hydrogen-bond acceptors (Lipinski definition) is 3. The Labute approximate surface area is 121 Å². The second kappa shape index (κ2) is 10.4. The topological polar surface area (TPSA) is 64.3 Å². The molecule has 0 saturated heterocycles. The molecule has 0 radical (unpaired) electrons. The molecule has 1 aromatic rings. The first-order valence-corrected chi connectivity index (χ1v) is 7.39. The summed E-state index contributed by atoms with van der Waals surface area (Å²) in [7, 11) is 0. The highest BCUT2D eigenvalue weighted by atomic mass is 16.5. The fourth-order valence-electron chi connectivity index (χ4n) is 1.83. The van der Waals surface area contributed by atoms with Gasteiger partial charge in [-0.3, -0.25) is 4.79 Å². The average molecular weight is 278 g/mol. The highest BCUT2D eigenvalue weighted by Gasteiger charge is 2.12. The van der Waals surface area contributed by atoms with E-state index in [-0.39, 0.29) is 5.91 Å². The van der Waals surface area contributed by atoms with Gasteiger partial charge in [0, 0.05) is 19.8 Å². The quantitative estimate of drug-likeness (QED) is 0.642. The van der Waals surface area contributed by atoms with Crippen LogP contribution in [-0.4, -0.2) is 31.7 Å². The Balaban J connectivity index is 2.10. The van der Waals surface area contributed by atoms with Crippen LogP contribution in [0.5, 0.6) is 0 Å². The Morgan fingerprint density at radius 2 is 1.95 bits per heavy atom. The van der Waals surface area contributed by atoms with Crippen LogP contribution in [0.15, 0.2) is 30.3 Å². The van der Waals surface area contributed by atoms with Crippen LogP contribution in [-0.2, 0) is 16.0 Å². The highest BCUT2D eigenvalue weighted by molar-refractivity contribution is 5.81. The predicted octanol–water partition coefficient (Wildman–Crippen LogP) is 1.88. The summed E-state index contributed by atoms with van der Waals surface area (Å²) in [5, 5.41) is 2.85. The summed E-state index contributed by atoms with van der Waals surface area (Å²) in [6, 6.07) is 9.33. The summed E-state index contributed by atoms with van der Waals surface area (Å²) < 4.78 is 5.43. The van der Waals surface area contributed by atoms with E-state index in [0.29, 0.717) is 19.6 Å². The lowest BCUT2D eigenvalue weighted by molar-refractivity contribution is -0.122. The van der Waals surface area contributed by atoms with Crippen molar-refractivity contribution >= 4 is 5.91 Å². The maximum absolute atomic E-state index is 11.8. The van der Waals surface area contributed by atoms with Gasteiger partial charge in [-0.1, -0.05) is 43.7 Å². The Morgan fingerprint density at radius 1 is 1.25 bits per heavy atom. The molecule has 4 nitrogen and oxygen atoms in total. The number of amides is 1. The van der Waals surface area contributed by atoms with Gasteiger partial charge in [0.05, 0.1) is 6.04 Å². The second-order valence-electron chi connectivity index (χ2n) is 4.91. The third kappa shape index (κ3) is 7.26. The normalized spacial score (nSPS) is 12.1. The second-order valence-corrected chi connectivity index (χ2v) is 4.91. The molecule has 20 heavy (non-hydrogen) atoms. The number of ether oxygens (including phenoxy) is 1. The van der Waals surface area contributed by atoms with E-state index in [2.05, 4.69) is 12.2 Å². The van der Waals surface area contributed by atoms with Crippen molar-refractivity contribution in [2.24, 2.45) is 5.73 Å². The van der Waals surface area contributed by atoms with Gasteiger partial charge in [0.1, 0.15) is 0 Å². The van der Waals surface area contributed by atoms with Crippen molar-refractivity contribution < 1.29 is 9.53 Å². The van der Waals surface area contributed by atoms with Crippen LogP contribution in [0.2, 0.25) is 0 Å². The molecule has 4 heteroatoms. The standard InChI is InChI=1S/C16H26N2O2/c1-2-3-11-20-12-7-10-18-16(19)15(17)13-14-8-5-4-6-9-14/h4-6,8-9,15H,2-3,7,10-13,17H2,1H3,(H,18,19). The number of carbonyl (C=O) groups excluding carboxylic acids is 1. The Hall–Kier alpha value is -1.39. The van der Waals surface area contributed by atoms with Crippen molar-refractivity contribution in [3.63, 3.8) is 0 Å². The minimum absolute atomic E-state index is 0.0950. The van der Waals surface area contributed by atoms with E-state index >= 15 is 0 Å². The lowest BCUT2D eigenvalue weighted by Crippen LogP contribution is -2.42. The van der Waals surface area contributed by atoms with E-state index < -0.39 is 6.04 Å². The third-order valence-corrected chi connectivity index (χ3v) is 3.04. The molecule has 1 amide bonds. The molecule has 112 valence electrons. The van der Waals surface area contributed by atoms with Crippen molar-refractivity contribution in [2.45, 2.75) is 38.6 Å². The van der Waals surface area contributed by atoms with Crippen LogP contribution in [0.3, 0.4) is 0 Å². The number of nitrogens with two attached hydrogens (primary N) is 1. The molecule has 0 bridgehead atoms. The molecular weight excluding hydrogens is 252 g/mol. The van der Waals surface area contributed by atoms with Gasteiger partial charge < -0.3 is 15.8 Å². The van der Waals surface area contributed by atoms with Crippen LogP contribution in [0.1, 0.15) is 31.7 Å². The molecule has 0 aliphatic carbocycles. The summed E-state index contributed by atoms with van der Waals surface area (Å²) in [5.74, 6) is -0.0950. The maximum atomic E-state index is 11.8. The summed E-state index contributed by atoms with van der Waals surface area (Å²) in [5.41, 5.74) is 6.97. The molecule has 1 unspecified atom stereocenters. The van der Waals surface area contributed by atoms with Crippen LogP contribution in [0, 0.1) is 0 Å². The minimum atomic E-state index is -0.488. The molecule has 0 saturated carbocycles. The highest BCUT2D eigenvalue weighted by Crippen LogP contribution is 2.01. The lowest BCUT2D eigenvalue weighted by Gasteiger charge is -2.12. The largest absolute Gasteiger partial charge is 0.381 e. The van der Waals surface area contributed by atoms with Gasteiger partial charge in [-0.25, -0.2) is 0 Å². The van der Waals surface area contributed by atoms with E-state index in [1.807, 2.05) is 30.3 Å². The Bertz CT molecular complexity index is 368. The number of rotatable bonds is 10. The fourth-order valence-corrected chi connectivity index (χ4v) is 1.83. The number of benzene rings is 1. The van der Waals surface area contributed by atoms with Crippen molar-refractivity contribution in [3.8, 4) is 0 Å². The Kier molecular flexibility index (Phi) is 8.67.